The first kappa shape index (κ1) is 43.8. The van der Waals surface area contributed by atoms with Crippen molar-refractivity contribution < 1.29 is 43.2 Å². The molecule has 0 atom stereocenters. The predicted molar refractivity (Wildman–Crippen MR) is 209 cm³/mol. The van der Waals surface area contributed by atoms with Crippen LogP contribution in [0.5, 0.6) is 0 Å². The molecule has 0 amide bonds. The second-order valence-corrected chi connectivity index (χ2v) is 12.3. The van der Waals surface area contributed by atoms with Gasteiger partial charge in [0.2, 0.25) is 6.04 Å². The Hall–Kier alpha value is -2.63. The number of aliphatic imine (C=N–C) groups is 1. The van der Waals surface area contributed by atoms with Gasteiger partial charge in [0.15, 0.2) is 0 Å². The molecule has 3 aliphatic heterocycles. The number of ether oxygens (including phenoxy) is 3. The minimum absolute atomic E-state index is 0. The molecule has 3 saturated heterocycles. The second kappa shape index (κ2) is 27.0. The number of nitrogens with zero attached hydrogens (tertiary/aromatic N) is 2. The van der Waals surface area contributed by atoms with Crippen molar-refractivity contribution in [1.82, 2.24) is 4.98 Å². The Morgan fingerprint density at radius 1 is 0.481 bits per heavy atom. The molecule has 8 heteroatoms. The summed E-state index contributed by atoms with van der Waals surface area (Å²) < 4.78 is 14.8. The summed E-state index contributed by atoms with van der Waals surface area (Å²) in [5, 5.41) is 0. The standard InChI is InChI=1S/C32H26N3.3C4H8O.Ca.HI/c1-5-13-25(14-6-1)31(26-15-7-2-8-16-26)33-23-29-21-22-30(35-29)24-34-32(27-17-9-3-10-18-27)28-19-11-4-12-20-28;3*1-2-4-5-3-1;;/h1-24,31-32H;3*1-4H2;;1H/q-1;;;;+2;. The van der Waals surface area contributed by atoms with E-state index in [0.717, 1.165) is 62.2 Å². The van der Waals surface area contributed by atoms with E-state index >= 15 is 0 Å². The number of aromatic nitrogens is 1. The fourth-order valence-electron chi connectivity index (χ4n) is 5.71. The molecule has 4 heterocycles. The summed E-state index contributed by atoms with van der Waals surface area (Å²) in [7, 11) is 0. The van der Waals surface area contributed by atoms with Crippen molar-refractivity contribution >= 4 is 50.2 Å². The summed E-state index contributed by atoms with van der Waals surface area (Å²) in [6.45, 7) is 6.00. The number of hydrogen-bond acceptors (Lipinski definition) is 4. The largest absolute Gasteiger partial charge is 2.00 e. The predicted octanol–water partition coefficient (Wildman–Crippen LogP) is 4.16. The van der Waals surface area contributed by atoms with Gasteiger partial charge in [0, 0.05) is 57.0 Å². The van der Waals surface area contributed by atoms with E-state index < -0.39 is 0 Å². The second-order valence-electron chi connectivity index (χ2n) is 12.3. The molecule has 0 radical (unpaired) electrons. The fraction of sp³-hybridized carbons (Fsp3) is 0.318. The normalized spacial score (nSPS) is 14.8. The van der Waals surface area contributed by atoms with E-state index in [2.05, 4.69) is 102 Å². The summed E-state index contributed by atoms with van der Waals surface area (Å²) in [6, 6.07) is 45.6. The zero-order chi connectivity index (χ0) is 34.3. The third-order valence-electron chi connectivity index (χ3n) is 8.42. The fourth-order valence-corrected chi connectivity index (χ4v) is 5.71. The molecule has 0 aliphatic carbocycles. The Bertz CT molecular complexity index is 1410. The van der Waals surface area contributed by atoms with E-state index in [-0.39, 0.29) is 73.8 Å². The number of benzene rings is 4. The van der Waals surface area contributed by atoms with E-state index in [1.165, 1.54) is 49.7 Å². The monoisotopic (exact) mass is 836 g/mol. The van der Waals surface area contributed by atoms with Crippen molar-refractivity contribution in [1.29, 1.82) is 0 Å². The number of halogens is 1. The zero-order valence-corrected chi connectivity index (χ0v) is 34.6. The van der Waals surface area contributed by atoms with Gasteiger partial charge >= 0.3 is 37.7 Å². The third-order valence-corrected chi connectivity index (χ3v) is 8.42. The zero-order valence-electron chi connectivity index (χ0n) is 30.2. The topological polar surface area (TPSA) is 68.1 Å². The molecule has 0 bridgehead atoms. The Labute approximate surface area is 357 Å². The smallest absolute Gasteiger partial charge is 1.00 e. The van der Waals surface area contributed by atoms with Crippen molar-refractivity contribution in [2.24, 2.45) is 4.99 Å². The van der Waals surface area contributed by atoms with E-state index in [1.54, 1.807) is 0 Å². The van der Waals surface area contributed by atoms with Crippen LogP contribution in [0.25, 0.3) is 0 Å². The van der Waals surface area contributed by atoms with Crippen molar-refractivity contribution in [3.05, 3.63) is 167 Å². The summed E-state index contributed by atoms with van der Waals surface area (Å²) in [5.74, 6) is 0. The first-order valence-corrected chi connectivity index (χ1v) is 18.1. The Balaban J connectivity index is 0.000000353. The van der Waals surface area contributed by atoms with Gasteiger partial charge in [-0.25, -0.2) is 4.99 Å². The molecule has 1 aromatic heterocycles. The molecule has 0 spiro atoms. The van der Waals surface area contributed by atoms with Crippen LogP contribution in [0.3, 0.4) is 0 Å². The van der Waals surface area contributed by atoms with Gasteiger partial charge in [-0.2, -0.15) is 0 Å². The van der Waals surface area contributed by atoms with Crippen LogP contribution in [0.15, 0.2) is 138 Å². The molecule has 3 aliphatic rings. The quantitative estimate of drug-likeness (QED) is 0.145. The van der Waals surface area contributed by atoms with E-state index in [1.807, 2.05) is 48.8 Å². The molecule has 6 nitrogen and oxygen atoms in total. The van der Waals surface area contributed by atoms with Gasteiger partial charge in [-0.05, 0) is 49.7 Å². The first-order valence-electron chi connectivity index (χ1n) is 18.1. The average molecular weight is 837 g/mol. The van der Waals surface area contributed by atoms with Crippen LogP contribution in [-0.2, 0) is 14.2 Å². The van der Waals surface area contributed by atoms with Crippen LogP contribution in [0.1, 0.15) is 84.3 Å². The van der Waals surface area contributed by atoms with Crippen molar-refractivity contribution in [2.45, 2.75) is 50.6 Å². The van der Waals surface area contributed by atoms with Crippen molar-refractivity contribution in [2.75, 3.05) is 39.6 Å². The van der Waals surface area contributed by atoms with E-state index in [0.29, 0.717) is 0 Å². The van der Waals surface area contributed by atoms with Crippen LogP contribution >= 0.6 is 0 Å². The summed E-state index contributed by atoms with van der Waals surface area (Å²) in [6.07, 6.45) is 11.5. The molecule has 4 aromatic carbocycles. The van der Waals surface area contributed by atoms with Crippen LogP contribution in [0.4, 0.5) is 0 Å². The molecule has 3 fully saturated rings. The minimum Gasteiger partial charge on any atom is -1.00 e. The molecule has 0 unspecified atom stereocenters. The Morgan fingerprint density at radius 3 is 1.17 bits per heavy atom. The molecule has 1 N–H and O–H groups in total. The van der Waals surface area contributed by atoms with Crippen LogP contribution < -0.4 is 34.0 Å². The SMILES string of the molecule is C(=NC(c1ccccc1)c1ccccc1)c1ccc(C=[NH+]C(c2ccccc2)c2ccccc2)[n-]1.C1CCOC1.C1CCOC1.C1CCOC1.[Ca+2].[I-]. The van der Waals surface area contributed by atoms with Gasteiger partial charge in [-0.15, -0.1) is 5.69 Å². The number of hydrogen-bond donors (Lipinski definition) is 1. The average Bonchev–Trinajstić information content (AvgIpc) is 4.04. The summed E-state index contributed by atoms with van der Waals surface area (Å²) in [4.78, 5) is 13.2. The van der Waals surface area contributed by atoms with Gasteiger partial charge in [0.05, 0.1) is 6.04 Å². The molecular weight excluding hydrogens is 785 g/mol. The maximum atomic E-state index is 4.94. The minimum atomic E-state index is -0.0693. The number of nitrogens with one attached hydrogen (secondary N) is 1. The third kappa shape index (κ3) is 16.2. The van der Waals surface area contributed by atoms with Gasteiger partial charge < -0.3 is 43.2 Å². The van der Waals surface area contributed by atoms with Crippen LogP contribution in [0, 0.1) is 0 Å². The molecule has 5 aromatic rings. The molecule has 8 rings (SSSR count). The number of rotatable bonds is 8. The van der Waals surface area contributed by atoms with Gasteiger partial charge in [0.25, 0.3) is 0 Å². The van der Waals surface area contributed by atoms with Gasteiger partial charge in [-0.1, -0.05) is 139 Å². The van der Waals surface area contributed by atoms with Crippen LogP contribution in [0.2, 0.25) is 0 Å². The maximum Gasteiger partial charge on any atom is 2.00 e. The summed E-state index contributed by atoms with van der Waals surface area (Å²) >= 11 is 0. The van der Waals surface area contributed by atoms with E-state index in [4.69, 9.17) is 24.2 Å². The molecule has 0 saturated carbocycles. The first-order chi connectivity index (χ1) is 24.9. The van der Waals surface area contributed by atoms with Crippen molar-refractivity contribution in [3.8, 4) is 0 Å². The molecular formula is C44H51CaIN3O3+. The Kier molecular flexibility index (Phi) is 22.8. The van der Waals surface area contributed by atoms with Gasteiger partial charge in [-0.3, -0.25) is 4.99 Å². The summed E-state index contributed by atoms with van der Waals surface area (Å²) in [5.41, 5.74) is 6.44. The Morgan fingerprint density at radius 2 is 0.827 bits per heavy atom. The maximum absolute atomic E-state index is 4.94. The van der Waals surface area contributed by atoms with Crippen LogP contribution in [-0.4, -0.2) is 89.8 Å². The van der Waals surface area contributed by atoms with Gasteiger partial charge in [0.1, 0.15) is 6.21 Å². The molecule has 268 valence electrons. The van der Waals surface area contributed by atoms with Crippen molar-refractivity contribution in [3.63, 3.8) is 0 Å². The van der Waals surface area contributed by atoms with E-state index in [9.17, 15) is 0 Å². The molecule has 52 heavy (non-hydrogen) atoms.